The van der Waals surface area contributed by atoms with Crippen molar-refractivity contribution in [1.29, 1.82) is 0 Å². The van der Waals surface area contributed by atoms with Crippen LogP contribution in [0.4, 0.5) is 5.82 Å². The Morgan fingerprint density at radius 1 is 0.969 bits per heavy atom. The Hall–Kier alpha value is -3.41. The summed E-state index contributed by atoms with van der Waals surface area (Å²) in [6, 6.07) is 17.5. The van der Waals surface area contributed by atoms with E-state index in [4.69, 9.17) is 20.4 Å². The monoisotopic (exact) mass is 430 g/mol. The molecule has 2 aromatic heterocycles. The van der Waals surface area contributed by atoms with Gasteiger partial charge in [0.1, 0.15) is 16.9 Å². The van der Waals surface area contributed by atoms with Gasteiger partial charge >= 0.3 is 5.97 Å². The van der Waals surface area contributed by atoms with E-state index in [0.29, 0.717) is 29.2 Å². The molecule has 0 spiro atoms. The lowest BCUT2D eigenvalue weighted by Gasteiger charge is -2.17. The Morgan fingerprint density at radius 3 is 2.34 bits per heavy atom. The third-order valence-electron chi connectivity index (χ3n) is 5.89. The minimum atomic E-state index is -0.438. The van der Waals surface area contributed by atoms with Gasteiger partial charge in [0.2, 0.25) is 0 Å². The average molecular weight is 431 g/mol. The van der Waals surface area contributed by atoms with Crippen LogP contribution in [0.2, 0.25) is 0 Å². The third kappa shape index (κ3) is 4.31. The molecule has 4 rings (SSSR count). The highest BCUT2D eigenvalue weighted by Gasteiger charge is 2.27. The summed E-state index contributed by atoms with van der Waals surface area (Å²) in [5, 5.41) is 0. The minimum absolute atomic E-state index is 0.121. The normalized spacial score (nSPS) is 12.3. The van der Waals surface area contributed by atoms with E-state index in [0.717, 1.165) is 35.9 Å². The summed E-state index contributed by atoms with van der Waals surface area (Å²) >= 11 is 0. The summed E-state index contributed by atoms with van der Waals surface area (Å²) in [4.78, 5) is 22.7. The fourth-order valence-electron chi connectivity index (χ4n) is 4.10. The Bertz CT molecular complexity index is 1220. The van der Waals surface area contributed by atoms with Gasteiger partial charge in [-0.2, -0.15) is 0 Å². The summed E-state index contributed by atoms with van der Waals surface area (Å²) < 4.78 is 7.50. The number of para-hydroxylation sites is 2. The predicted octanol–water partition coefficient (Wildman–Crippen LogP) is 5.90. The van der Waals surface area contributed by atoms with Gasteiger partial charge in [-0.15, -0.1) is 0 Å². The summed E-state index contributed by atoms with van der Waals surface area (Å²) in [6.07, 6.45) is 5.44. The second-order valence-corrected chi connectivity index (χ2v) is 8.15. The smallest absolute Gasteiger partial charge is 0.344 e. The van der Waals surface area contributed by atoms with Crippen LogP contribution in [0.1, 0.15) is 67.9 Å². The fourth-order valence-corrected chi connectivity index (χ4v) is 4.10. The maximum Gasteiger partial charge on any atom is 0.344 e. The molecule has 2 aromatic carbocycles. The number of carbonyl (C=O) groups is 1. The second kappa shape index (κ2) is 9.81. The van der Waals surface area contributed by atoms with Crippen molar-refractivity contribution in [2.45, 2.75) is 52.0 Å². The zero-order valence-electron chi connectivity index (χ0n) is 18.8. The Morgan fingerprint density at radius 2 is 1.62 bits per heavy atom. The van der Waals surface area contributed by atoms with Crippen LogP contribution in [0.3, 0.4) is 0 Å². The van der Waals surface area contributed by atoms with Crippen LogP contribution in [0.25, 0.3) is 22.2 Å². The number of anilines is 1. The highest BCUT2D eigenvalue weighted by Crippen LogP contribution is 2.33. The minimum Gasteiger partial charge on any atom is -0.462 e. The van der Waals surface area contributed by atoms with Gasteiger partial charge in [-0.25, -0.2) is 14.8 Å². The van der Waals surface area contributed by atoms with E-state index < -0.39 is 5.97 Å². The van der Waals surface area contributed by atoms with E-state index in [1.54, 1.807) is 0 Å². The number of benzene rings is 2. The molecule has 2 heterocycles. The van der Waals surface area contributed by atoms with Gasteiger partial charge < -0.3 is 15.0 Å². The second-order valence-electron chi connectivity index (χ2n) is 8.15. The van der Waals surface area contributed by atoms with Crippen LogP contribution in [0.15, 0.2) is 54.6 Å². The topological polar surface area (TPSA) is 83.0 Å². The lowest BCUT2D eigenvalue weighted by atomic mass is 10.1. The van der Waals surface area contributed by atoms with Crippen LogP contribution in [0.5, 0.6) is 0 Å². The molecule has 0 saturated heterocycles. The van der Waals surface area contributed by atoms with Gasteiger partial charge in [-0.3, -0.25) is 0 Å². The number of nitrogens with two attached hydrogens (primary N) is 1. The van der Waals surface area contributed by atoms with E-state index in [-0.39, 0.29) is 6.04 Å². The van der Waals surface area contributed by atoms with Crippen LogP contribution in [-0.4, -0.2) is 27.1 Å². The van der Waals surface area contributed by atoms with Gasteiger partial charge in [-0.1, -0.05) is 75.1 Å². The largest absolute Gasteiger partial charge is 0.462 e. The van der Waals surface area contributed by atoms with E-state index in [1.807, 2.05) is 66.1 Å². The number of ether oxygens (including phenoxy) is 1. The van der Waals surface area contributed by atoms with E-state index in [2.05, 4.69) is 6.92 Å². The highest BCUT2D eigenvalue weighted by atomic mass is 16.5. The number of aromatic nitrogens is 3. The summed E-state index contributed by atoms with van der Waals surface area (Å²) in [7, 11) is 0. The molecule has 166 valence electrons. The third-order valence-corrected chi connectivity index (χ3v) is 5.89. The van der Waals surface area contributed by atoms with Crippen LogP contribution >= 0.6 is 0 Å². The fraction of sp³-hybridized carbons (Fsp3) is 0.346. The van der Waals surface area contributed by atoms with Crippen molar-refractivity contribution >= 4 is 34.0 Å². The first-order valence-electron chi connectivity index (χ1n) is 11.4. The number of fused-ring (bicyclic) bond motifs is 2. The molecule has 1 atom stereocenters. The number of hydrogen-bond acceptors (Lipinski definition) is 5. The maximum absolute atomic E-state index is 13.1. The molecule has 1 unspecified atom stereocenters. The van der Waals surface area contributed by atoms with E-state index >= 15 is 0 Å². The maximum atomic E-state index is 13.1. The highest BCUT2D eigenvalue weighted by molar-refractivity contribution is 6.08. The molecule has 0 saturated carbocycles. The van der Waals surface area contributed by atoms with Crippen molar-refractivity contribution in [3.8, 4) is 0 Å². The number of rotatable bonds is 9. The standard InChI is InChI=1S/C26H30N4O2/c1-3-4-5-6-12-17-32-26(31)22-23-25(29-21-16-11-10-15-20(21)28-23)30(24(22)27)18(2)19-13-8-7-9-14-19/h7-11,13-16,18H,3-6,12,17,27H2,1-2H3. The first-order valence-corrected chi connectivity index (χ1v) is 11.4. The molecule has 0 amide bonds. The molecule has 6 heteroatoms. The SMILES string of the molecule is CCCCCCCOC(=O)c1c(N)n(C(C)c2ccccc2)c2nc3ccccc3nc12. The molecule has 0 bridgehead atoms. The zero-order valence-corrected chi connectivity index (χ0v) is 18.8. The Labute approximate surface area is 188 Å². The van der Waals surface area contributed by atoms with Crippen LogP contribution in [-0.2, 0) is 4.74 Å². The van der Waals surface area contributed by atoms with Gasteiger partial charge in [-0.05, 0) is 31.0 Å². The molecular weight excluding hydrogens is 400 g/mol. The van der Waals surface area contributed by atoms with Crippen molar-refractivity contribution in [1.82, 2.24) is 14.5 Å². The first kappa shape index (κ1) is 21.8. The van der Waals surface area contributed by atoms with Gasteiger partial charge in [0.15, 0.2) is 5.65 Å². The Kier molecular flexibility index (Phi) is 6.69. The van der Waals surface area contributed by atoms with Crippen molar-refractivity contribution in [2.24, 2.45) is 0 Å². The molecule has 0 aliphatic rings. The molecule has 0 aliphatic heterocycles. The lowest BCUT2D eigenvalue weighted by Crippen LogP contribution is -2.13. The molecule has 32 heavy (non-hydrogen) atoms. The molecule has 2 N–H and O–H groups in total. The summed E-state index contributed by atoms with van der Waals surface area (Å²) in [6.45, 7) is 4.61. The van der Waals surface area contributed by atoms with Crippen LogP contribution < -0.4 is 5.73 Å². The number of nitrogens with zero attached hydrogens (tertiary/aromatic N) is 3. The van der Waals surface area contributed by atoms with E-state index in [1.165, 1.54) is 12.8 Å². The van der Waals surface area contributed by atoms with Gasteiger partial charge in [0.25, 0.3) is 0 Å². The molecule has 0 fully saturated rings. The predicted molar refractivity (Wildman–Crippen MR) is 129 cm³/mol. The number of hydrogen-bond donors (Lipinski definition) is 1. The van der Waals surface area contributed by atoms with Crippen LogP contribution in [0, 0.1) is 0 Å². The lowest BCUT2D eigenvalue weighted by molar-refractivity contribution is 0.0501. The number of unbranched alkanes of at least 4 members (excludes halogenated alkanes) is 4. The molecule has 4 aromatic rings. The number of nitrogen functional groups attached to an aromatic ring is 1. The molecule has 0 radical (unpaired) electrons. The van der Waals surface area contributed by atoms with Crippen molar-refractivity contribution in [3.05, 3.63) is 65.7 Å². The summed E-state index contributed by atoms with van der Waals surface area (Å²) in [5.41, 5.74) is 10.5. The van der Waals surface area contributed by atoms with Crippen molar-refractivity contribution < 1.29 is 9.53 Å². The van der Waals surface area contributed by atoms with E-state index in [9.17, 15) is 4.79 Å². The average Bonchev–Trinajstić information content (AvgIpc) is 3.10. The van der Waals surface area contributed by atoms with Gasteiger partial charge in [0.05, 0.1) is 23.7 Å². The quantitative estimate of drug-likeness (QED) is 0.264. The number of esters is 1. The van der Waals surface area contributed by atoms with Crippen molar-refractivity contribution in [2.75, 3.05) is 12.3 Å². The molecule has 0 aliphatic carbocycles. The van der Waals surface area contributed by atoms with Gasteiger partial charge in [0, 0.05) is 0 Å². The van der Waals surface area contributed by atoms with Crippen molar-refractivity contribution in [3.63, 3.8) is 0 Å². The summed E-state index contributed by atoms with van der Waals surface area (Å²) in [5.74, 6) is -0.103. The molecular formula is C26H30N4O2. The first-order chi connectivity index (χ1) is 15.6. The number of carbonyl (C=O) groups excluding carboxylic acids is 1. The molecule has 6 nitrogen and oxygen atoms in total. The zero-order chi connectivity index (χ0) is 22.5. The Balaban J connectivity index is 1.74.